The largest absolute Gasteiger partial charge is 0.465 e. The third kappa shape index (κ3) is 2.31. The maximum Gasteiger partial charge on any atom is 0.343 e. The Bertz CT molecular complexity index is 468. The maximum absolute atomic E-state index is 11.8. The molecule has 1 aromatic heterocycles. The first-order valence-corrected chi connectivity index (χ1v) is 6.10. The summed E-state index contributed by atoms with van der Waals surface area (Å²) in [6.45, 7) is 2.51. The van der Waals surface area contributed by atoms with Gasteiger partial charge in [0.25, 0.3) is 0 Å². The van der Waals surface area contributed by atoms with Crippen molar-refractivity contribution in [3.05, 3.63) is 11.3 Å². The average Bonchev–Trinajstić information content (AvgIpc) is 2.76. The summed E-state index contributed by atoms with van der Waals surface area (Å²) in [4.78, 5) is 11.8. The Balaban J connectivity index is 2.43. The van der Waals surface area contributed by atoms with Gasteiger partial charge in [0.2, 0.25) is 0 Å². The van der Waals surface area contributed by atoms with Gasteiger partial charge < -0.3 is 19.5 Å². The Hall–Kier alpha value is -1.60. The molecular weight excluding hydrogens is 250 g/mol. The summed E-state index contributed by atoms with van der Waals surface area (Å²) in [5.74, 6) is 0.276. The summed E-state index contributed by atoms with van der Waals surface area (Å²) >= 11 is 0. The maximum atomic E-state index is 11.8. The second-order valence-electron chi connectivity index (χ2n) is 4.37. The number of fused-ring (bicyclic) bond motifs is 1. The van der Waals surface area contributed by atoms with Gasteiger partial charge in [0, 0.05) is 20.8 Å². The molecule has 7 nitrogen and oxygen atoms in total. The van der Waals surface area contributed by atoms with Crippen LogP contribution in [-0.4, -0.2) is 49.9 Å². The first-order valence-electron chi connectivity index (χ1n) is 6.10. The molecule has 1 aliphatic rings. The smallest absolute Gasteiger partial charge is 0.343 e. The van der Waals surface area contributed by atoms with Crippen molar-refractivity contribution in [2.24, 2.45) is 0 Å². The number of nitrogens with one attached hydrogen (secondary N) is 1. The molecule has 1 aliphatic heterocycles. The molecule has 1 atom stereocenters. The average molecular weight is 269 g/mol. The second-order valence-corrected chi connectivity index (χ2v) is 4.37. The lowest BCUT2D eigenvalue weighted by molar-refractivity contribution is -0.135. The minimum Gasteiger partial charge on any atom is -0.465 e. The Morgan fingerprint density at radius 2 is 2.11 bits per heavy atom. The van der Waals surface area contributed by atoms with Gasteiger partial charge in [-0.2, -0.15) is 5.10 Å². The first-order chi connectivity index (χ1) is 9.13. The highest BCUT2D eigenvalue weighted by Crippen LogP contribution is 2.32. The van der Waals surface area contributed by atoms with Crippen LogP contribution in [0.1, 0.15) is 28.5 Å². The minimum atomic E-state index is -0.398. The number of esters is 1. The molecular formula is C12H19N3O4. The first kappa shape index (κ1) is 13.8. The fraction of sp³-hybridized carbons (Fsp3) is 0.667. The van der Waals surface area contributed by atoms with Gasteiger partial charge >= 0.3 is 5.97 Å². The van der Waals surface area contributed by atoms with E-state index in [4.69, 9.17) is 14.2 Å². The van der Waals surface area contributed by atoms with E-state index >= 15 is 0 Å². The van der Waals surface area contributed by atoms with Crippen LogP contribution in [0.15, 0.2) is 0 Å². The van der Waals surface area contributed by atoms with Crippen LogP contribution < -0.4 is 5.32 Å². The van der Waals surface area contributed by atoms with Crippen LogP contribution in [0.4, 0.5) is 5.82 Å². The van der Waals surface area contributed by atoms with Crippen molar-refractivity contribution < 1.29 is 19.0 Å². The summed E-state index contributed by atoms with van der Waals surface area (Å²) in [5.41, 5.74) is 1.10. The van der Waals surface area contributed by atoms with Crippen LogP contribution in [0, 0.1) is 6.92 Å². The molecule has 1 unspecified atom stereocenters. The number of hydrogen-bond donors (Lipinski definition) is 1. The van der Waals surface area contributed by atoms with E-state index in [-0.39, 0.29) is 6.04 Å². The molecule has 0 fully saturated rings. The number of carbonyl (C=O) groups is 1. The van der Waals surface area contributed by atoms with Crippen molar-refractivity contribution in [1.29, 1.82) is 0 Å². The molecule has 0 amide bonds. The molecule has 1 aromatic rings. The normalized spacial score (nSPS) is 18.1. The zero-order valence-electron chi connectivity index (χ0n) is 11.6. The molecule has 19 heavy (non-hydrogen) atoms. The Morgan fingerprint density at radius 1 is 1.42 bits per heavy atom. The quantitative estimate of drug-likeness (QED) is 0.648. The Morgan fingerprint density at radius 3 is 2.68 bits per heavy atom. The third-order valence-corrected chi connectivity index (χ3v) is 3.30. The number of aromatic nitrogens is 2. The SMILES string of the molecule is COC(=O)c1c(C)nn2c1NCCC2C(OC)OC. The van der Waals surface area contributed by atoms with Crippen molar-refractivity contribution in [2.75, 3.05) is 33.2 Å². The van der Waals surface area contributed by atoms with Crippen LogP contribution >= 0.6 is 0 Å². The lowest BCUT2D eigenvalue weighted by Crippen LogP contribution is -2.34. The van der Waals surface area contributed by atoms with Crippen molar-refractivity contribution in [3.8, 4) is 0 Å². The zero-order valence-corrected chi connectivity index (χ0v) is 11.6. The van der Waals surface area contributed by atoms with Crippen LogP contribution in [-0.2, 0) is 14.2 Å². The number of rotatable bonds is 4. The molecule has 0 radical (unpaired) electrons. The van der Waals surface area contributed by atoms with Gasteiger partial charge in [-0.15, -0.1) is 0 Å². The summed E-state index contributed by atoms with van der Waals surface area (Å²) in [6, 6.07) is -0.0663. The number of methoxy groups -OCH3 is 3. The fourth-order valence-corrected chi connectivity index (χ4v) is 2.43. The van der Waals surface area contributed by atoms with Gasteiger partial charge in [-0.05, 0) is 13.3 Å². The van der Waals surface area contributed by atoms with Crippen molar-refractivity contribution in [2.45, 2.75) is 25.7 Å². The van der Waals surface area contributed by atoms with Crippen LogP contribution in [0.5, 0.6) is 0 Å². The van der Waals surface area contributed by atoms with E-state index in [0.717, 1.165) is 13.0 Å². The molecule has 0 saturated carbocycles. The number of ether oxygens (including phenoxy) is 3. The van der Waals surface area contributed by atoms with Gasteiger partial charge in [0.15, 0.2) is 6.29 Å². The van der Waals surface area contributed by atoms with Gasteiger partial charge in [-0.25, -0.2) is 9.48 Å². The van der Waals surface area contributed by atoms with Gasteiger partial charge in [-0.1, -0.05) is 0 Å². The topological polar surface area (TPSA) is 74.6 Å². The van der Waals surface area contributed by atoms with Crippen molar-refractivity contribution >= 4 is 11.8 Å². The minimum absolute atomic E-state index is 0.0663. The van der Waals surface area contributed by atoms with Crippen molar-refractivity contribution in [1.82, 2.24) is 9.78 Å². The molecule has 2 heterocycles. The van der Waals surface area contributed by atoms with Gasteiger partial charge in [0.1, 0.15) is 17.4 Å². The second kappa shape index (κ2) is 5.58. The number of nitrogens with zero attached hydrogens (tertiary/aromatic N) is 2. The van der Waals surface area contributed by atoms with Gasteiger partial charge in [0.05, 0.1) is 12.8 Å². The van der Waals surface area contributed by atoms with Gasteiger partial charge in [-0.3, -0.25) is 0 Å². The Labute approximate surface area is 111 Å². The molecule has 0 bridgehead atoms. The van der Waals surface area contributed by atoms with E-state index in [1.807, 2.05) is 0 Å². The predicted octanol–water partition coefficient (Wildman–Crippen LogP) is 0.954. The van der Waals surface area contributed by atoms with Crippen LogP contribution in [0.2, 0.25) is 0 Å². The number of carbonyl (C=O) groups excluding carboxylic acids is 1. The molecule has 7 heteroatoms. The monoisotopic (exact) mass is 269 g/mol. The molecule has 0 spiro atoms. The van der Waals surface area contributed by atoms with E-state index < -0.39 is 12.3 Å². The summed E-state index contributed by atoms with van der Waals surface area (Å²) in [7, 11) is 4.54. The van der Waals surface area contributed by atoms with E-state index in [1.54, 1.807) is 25.8 Å². The highest BCUT2D eigenvalue weighted by Gasteiger charge is 2.33. The van der Waals surface area contributed by atoms with Crippen LogP contribution in [0.3, 0.4) is 0 Å². The lowest BCUT2D eigenvalue weighted by atomic mass is 10.1. The lowest BCUT2D eigenvalue weighted by Gasteiger charge is -2.30. The number of aryl methyl sites for hydroxylation is 1. The molecule has 0 aromatic carbocycles. The highest BCUT2D eigenvalue weighted by atomic mass is 16.7. The molecule has 1 N–H and O–H groups in total. The molecule has 0 aliphatic carbocycles. The van der Waals surface area contributed by atoms with Crippen LogP contribution in [0.25, 0.3) is 0 Å². The highest BCUT2D eigenvalue weighted by molar-refractivity contribution is 5.96. The zero-order chi connectivity index (χ0) is 14.0. The van der Waals surface area contributed by atoms with E-state index in [1.165, 1.54) is 7.11 Å². The predicted molar refractivity (Wildman–Crippen MR) is 68.3 cm³/mol. The van der Waals surface area contributed by atoms with E-state index in [9.17, 15) is 4.79 Å². The van der Waals surface area contributed by atoms with Crippen molar-refractivity contribution in [3.63, 3.8) is 0 Å². The summed E-state index contributed by atoms with van der Waals surface area (Å²) in [5, 5.41) is 7.60. The Kier molecular flexibility index (Phi) is 4.06. The molecule has 106 valence electrons. The standard InChI is InChI=1S/C12H19N3O4/c1-7-9(11(16)17-2)10-13-6-5-8(15(10)14-7)12(18-3)19-4/h8,12-13H,5-6H2,1-4H3. The summed E-state index contributed by atoms with van der Waals surface area (Å²) < 4.78 is 17.2. The van der Waals surface area contributed by atoms with E-state index in [0.29, 0.717) is 17.1 Å². The fourth-order valence-electron chi connectivity index (χ4n) is 2.43. The summed E-state index contributed by atoms with van der Waals surface area (Å²) in [6.07, 6.45) is 0.409. The molecule has 0 saturated heterocycles. The third-order valence-electron chi connectivity index (χ3n) is 3.30. The van der Waals surface area contributed by atoms with E-state index in [2.05, 4.69) is 10.4 Å². The molecule has 2 rings (SSSR count). The number of hydrogen-bond acceptors (Lipinski definition) is 6. The number of anilines is 1.